The number of amides is 1. The quantitative estimate of drug-likeness (QED) is 0.533. The zero-order valence-corrected chi connectivity index (χ0v) is 19.4. The molecule has 0 aromatic heterocycles. The summed E-state index contributed by atoms with van der Waals surface area (Å²) in [4.78, 5) is 17.3. The van der Waals surface area contributed by atoms with E-state index in [-0.39, 0.29) is 48.7 Å². The molecule has 3 N–H and O–H groups in total. The first-order chi connectivity index (χ1) is 11.7. The van der Waals surface area contributed by atoms with Crippen LogP contribution < -0.4 is 11.1 Å². The molecule has 0 atom stereocenters. The monoisotopic (exact) mass is 446 g/mol. The molecule has 0 unspecified atom stereocenters. The molecule has 0 aromatic rings. The van der Waals surface area contributed by atoms with Crippen molar-refractivity contribution in [1.29, 1.82) is 0 Å². The van der Waals surface area contributed by atoms with Crippen LogP contribution in [-0.2, 0) is 4.79 Å². The smallest absolute Gasteiger partial charge is 0.220 e. The van der Waals surface area contributed by atoms with Crippen molar-refractivity contribution in [1.82, 2.24) is 15.1 Å². The third-order valence-corrected chi connectivity index (χ3v) is 5.92. The standard InChI is InChI=1S/C19H38N4O.3ClH/c1-22-15-10-19(11-16-22,23-13-7-4-8-14-23)17-21-18(24)9-5-2-3-6-12-20;;;/h2-17,20H2,1H3,(H,21,24);3*1H. The van der Waals surface area contributed by atoms with Gasteiger partial charge >= 0.3 is 0 Å². The van der Waals surface area contributed by atoms with Crippen LogP contribution >= 0.6 is 37.2 Å². The summed E-state index contributed by atoms with van der Waals surface area (Å²) in [6.07, 6.45) is 11.3. The number of nitrogens with two attached hydrogens (primary N) is 1. The second kappa shape index (κ2) is 16.1. The summed E-state index contributed by atoms with van der Waals surface area (Å²) in [6.45, 7) is 6.30. The fourth-order valence-electron chi connectivity index (χ4n) is 4.14. The molecule has 2 fully saturated rings. The van der Waals surface area contributed by atoms with Gasteiger partial charge in [0.1, 0.15) is 0 Å². The summed E-state index contributed by atoms with van der Waals surface area (Å²) in [7, 11) is 2.21. The fraction of sp³-hybridized carbons (Fsp3) is 0.947. The van der Waals surface area contributed by atoms with Crippen molar-refractivity contribution in [2.75, 3.05) is 46.3 Å². The lowest BCUT2D eigenvalue weighted by Gasteiger charge is -2.50. The van der Waals surface area contributed by atoms with Gasteiger partial charge in [0.25, 0.3) is 0 Å². The lowest BCUT2D eigenvalue weighted by Crippen LogP contribution is -2.61. The van der Waals surface area contributed by atoms with E-state index in [1.54, 1.807) is 0 Å². The maximum atomic E-state index is 12.2. The highest BCUT2D eigenvalue weighted by molar-refractivity contribution is 5.86. The Hall–Kier alpha value is 0.220. The molecule has 1 amide bonds. The second-order valence-corrected chi connectivity index (χ2v) is 7.80. The van der Waals surface area contributed by atoms with Gasteiger partial charge in [0.05, 0.1) is 0 Å². The van der Waals surface area contributed by atoms with E-state index in [0.717, 1.165) is 51.9 Å². The molecule has 0 aromatic carbocycles. The minimum Gasteiger partial charge on any atom is -0.354 e. The van der Waals surface area contributed by atoms with Crippen LogP contribution in [0.3, 0.4) is 0 Å². The Morgan fingerprint density at radius 2 is 1.52 bits per heavy atom. The van der Waals surface area contributed by atoms with Crippen LogP contribution in [0.25, 0.3) is 0 Å². The molecule has 2 heterocycles. The maximum absolute atomic E-state index is 12.2. The zero-order valence-electron chi connectivity index (χ0n) is 16.9. The zero-order chi connectivity index (χ0) is 17.3. The van der Waals surface area contributed by atoms with Gasteiger partial charge in [-0.2, -0.15) is 0 Å². The van der Waals surface area contributed by atoms with Gasteiger partial charge in [-0.05, 0) is 78.3 Å². The molecule has 8 heteroatoms. The van der Waals surface area contributed by atoms with Gasteiger partial charge < -0.3 is 16.0 Å². The summed E-state index contributed by atoms with van der Waals surface area (Å²) in [5, 5.41) is 3.27. The minimum atomic E-state index is 0. The molecule has 164 valence electrons. The molecule has 2 rings (SSSR count). The highest BCUT2D eigenvalue weighted by Gasteiger charge is 2.39. The Labute approximate surface area is 184 Å². The van der Waals surface area contributed by atoms with E-state index in [1.807, 2.05) is 0 Å². The normalized spacial score (nSPS) is 19.9. The molecular weight excluding hydrogens is 407 g/mol. The van der Waals surface area contributed by atoms with Gasteiger partial charge in [-0.3, -0.25) is 9.69 Å². The summed E-state index contributed by atoms with van der Waals surface area (Å²) < 4.78 is 0. The Balaban J connectivity index is 0. The molecular formula is C19H41Cl3N4O. The minimum absolute atomic E-state index is 0. The molecule has 0 radical (unpaired) electrons. The predicted molar refractivity (Wildman–Crippen MR) is 122 cm³/mol. The highest BCUT2D eigenvalue weighted by Crippen LogP contribution is 2.30. The number of likely N-dealkylation sites (tertiary alicyclic amines) is 2. The van der Waals surface area contributed by atoms with Gasteiger partial charge in [0.15, 0.2) is 0 Å². The van der Waals surface area contributed by atoms with Crippen LogP contribution in [0.1, 0.15) is 64.2 Å². The number of nitrogens with zero attached hydrogens (tertiary/aromatic N) is 2. The van der Waals surface area contributed by atoms with Gasteiger partial charge in [-0.25, -0.2) is 0 Å². The molecule has 27 heavy (non-hydrogen) atoms. The van der Waals surface area contributed by atoms with Crippen molar-refractivity contribution in [2.24, 2.45) is 5.73 Å². The summed E-state index contributed by atoms with van der Waals surface area (Å²) in [5.74, 6) is 0.234. The molecule has 2 aliphatic heterocycles. The van der Waals surface area contributed by atoms with E-state index < -0.39 is 0 Å². The number of hydrogen-bond acceptors (Lipinski definition) is 4. The van der Waals surface area contributed by atoms with E-state index in [2.05, 4.69) is 22.2 Å². The van der Waals surface area contributed by atoms with Crippen molar-refractivity contribution < 1.29 is 4.79 Å². The van der Waals surface area contributed by atoms with Gasteiger partial charge in [-0.15, -0.1) is 37.2 Å². The summed E-state index contributed by atoms with van der Waals surface area (Å²) in [5.41, 5.74) is 5.71. The van der Waals surface area contributed by atoms with E-state index >= 15 is 0 Å². The number of nitrogens with one attached hydrogen (secondary N) is 1. The van der Waals surface area contributed by atoms with Crippen molar-refractivity contribution in [2.45, 2.75) is 69.7 Å². The fourth-order valence-corrected chi connectivity index (χ4v) is 4.14. The van der Waals surface area contributed by atoms with Crippen LogP contribution in [0.4, 0.5) is 0 Å². The molecule has 0 bridgehead atoms. The topological polar surface area (TPSA) is 61.6 Å². The van der Waals surface area contributed by atoms with Crippen molar-refractivity contribution in [3.05, 3.63) is 0 Å². The summed E-state index contributed by atoms with van der Waals surface area (Å²) in [6, 6.07) is 0. The Bertz CT molecular complexity index is 374. The van der Waals surface area contributed by atoms with Gasteiger partial charge in [0.2, 0.25) is 5.91 Å². The Kier molecular flexibility index (Phi) is 17.5. The molecule has 2 aliphatic rings. The van der Waals surface area contributed by atoms with Crippen LogP contribution in [0.5, 0.6) is 0 Å². The third kappa shape index (κ3) is 10.00. The van der Waals surface area contributed by atoms with E-state index in [1.165, 1.54) is 45.2 Å². The Morgan fingerprint density at radius 3 is 2.11 bits per heavy atom. The van der Waals surface area contributed by atoms with E-state index in [9.17, 15) is 4.79 Å². The third-order valence-electron chi connectivity index (χ3n) is 5.92. The summed E-state index contributed by atoms with van der Waals surface area (Å²) >= 11 is 0. The van der Waals surface area contributed by atoms with Gasteiger partial charge in [-0.1, -0.05) is 19.3 Å². The van der Waals surface area contributed by atoms with Crippen molar-refractivity contribution >= 4 is 43.1 Å². The van der Waals surface area contributed by atoms with Crippen LogP contribution in [0.2, 0.25) is 0 Å². The van der Waals surface area contributed by atoms with Crippen LogP contribution in [0.15, 0.2) is 0 Å². The highest BCUT2D eigenvalue weighted by atomic mass is 35.5. The second-order valence-electron chi connectivity index (χ2n) is 7.80. The van der Waals surface area contributed by atoms with Crippen molar-refractivity contribution in [3.63, 3.8) is 0 Å². The molecule has 5 nitrogen and oxygen atoms in total. The number of halogens is 3. The first-order valence-electron chi connectivity index (χ1n) is 10.1. The number of piperidine rings is 2. The number of unbranched alkanes of at least 4 members (excludes halogenated alkanes) is 3. The first-order valence-corrected chi connectivity index (χ1v) is 10.1. The average Bonchev–Trinajstić information content (AvgIpc) is 2.62. The molecule has 0 aliphatic carbocycles. The molecule has 0 spiro atoms. The first kappa shape index (κ1) is 29.4. The van der Waals surface area contributed by atoms with Crippen molar-refractivity contribution in [3.8, 4) is 0 Å². The predicted octanol–water partition coefficient (Wildman–Crippen LogP) is 3.23. The average molecular weight is 448 g/mol. The molecule has 2 saturated heterocycles. The maximum Gasteiger partial charge on any atom is 0.220 e. The largest absolute Gasteiger partial charge is 0.354 e. The van der Waals surface area contributed by atoms with Crippen LogP contribution in [-0.4, -0.2) is 67.6 Å². The number of hydrogen-bond donors (Lipinski definition) is 2. The number of carbonyl (C=O) groups is 1. The SMILES string of the molecule is CN1CCC(CNC(=O)CCCCCCN)(N2CCCCC2)CC1.Cl.Cl.Cl. The lowest BCUT2D eigenvalue weighted by atomic mass is 9.84. The van der Waals surface area contributed by atoms with E-state index in [0.29, 0.717) is 6.42 Å². The van der Waals surface area contributed by atoms with Gasteiger partial charge in [0, 0.05) is 18.5 Å². The molecule has 0 saturated carbocycles. The lowest BCUT2D eigenvalue weighted by molar-refractivity contribution is -0.122. The number of rotatable bonds is 9. The van der Waals surface area contributed by atoms with Crippen LogP contribution in [0, 0.1) is 0 Å². The Morgan fingerprint density at radius 1 is 0.926 bits per heavy atom. The number of carbonyl (C=O) groups excluding carboxylic acids is 1. The van der Waals surface area contributed by atoms with E-state index in [4.69, 9.17) is 5.73 Å².